The van der Waals surface area contributed by atoms with E-state index in [0.717, 1.165) is 0 Å². The van der Waals surface area contributed by atoms with Gasteiger partial charge in [-0.15, -0.1) is 0 Å². The predicted molar refractivity (Wildman–Crippen MR) is 38.2 cm³/mol. The minimum atomic E-state index is -0.0718. The van der Waals surface area contributed by atoms with Crippen molar-refractivity contribution in [1.82, 2.24) is 0 Å². The van der Waals surface area contributed by atoms with Crippen molar-refractivity contribution in [2.24, 2.45) is 11.3 Å². The van der Waals surface area contributed by atoms with Gasteiger partial charge in [0, 0.05) is 0 Å². The normalized spacial score (nSPS) is 24.0. The van der Waals surface area contributed by atoms with Gasteiger partial charge in [0.15, 0.2) is 0 Å². The van der Waals surface area contributed by atoms with Crippen LogP contribution in [-0.4, -0.2) is 11.2 Å². The molecule has 0 bridgehead atoms. The molecule has 1 aliphatic rings. The van der Waals surface area contributed by atoms with Gasteiger partial charge in [0.05, 0.1) is 6.10 Å². The SMILES string of the molecule is CC(C)(C)[C@H](O)C1CC1. The van der Waals surface area contributed by atoms with Crippen LogP contribution in [0.25, 0.3) is 0 Å². The summed E-state index contributed by atoms with van der Waals surface area (Å²) < 4.78 is 0. The Balaban J connectivity index is 2.40. The van der Waals surface area contributed by atoms with Crippen molar-refractivity contribution in [1.29, 1.82) is 0 Å². The van der Waals surface area contributed by atoms with Crippen molar-refractivity contribution in [2.75, 3.05) is 0 Å². The summed E-state index contributed by atoms with van der Waals surface area (Å²) >= 11 is 0. The average molecular weight is 128 g/mol. The summed E-state index contributed by atoms with van der Waals surface area (Å²) in [6, 6.07) is 0. The van der Waals surface area contributed by atoms with E-state index in [0.29, 0.717) is 5.92 Å². The summed E-state index contributed by atoms with van der Waals surface area (Å²) in [6.45, 7) is 6.28. The molecule has 54 valence electrons. The Morgan fingerprint density at radius 2 is 1.78 bits per heavy atom. The highest BCUT2D eigenvalue weighted by atomic mass is 16.3. The molecule has 0 unspecified atom stereocenters. The van der Waals surface area contributed by atoms with Gasteiger partial charge in [-0.2, -0.15) is 0 Å². The maximum atomic E-state index is 9.53. The molecule has 0 aromatic heterocycles. The van der Waals surface area contributed by atoms with Crippen LogP contribution in [0.3, 0.4) is 0 Å². The zero-order chi connectivity index (χ0) is 7.07. The second-order valence-electron chi connectivity index (χ2n) is 4.15. The Kier molecular flexibility index (Phi) is 1.55. The van der Waals surface area contributed by atoms with Gasteiger partial charge in [-0.3, -0.25) is 0 Å². The third-order valence-electron chi connectivity index (χ3n) is 1.96. The molecule has 1 N–H and O–H groups in total. The Labute approximate surface area is 57.1 Å². The summed E-state index contributed by atoms with van der Waals surface area (Å²) in [5.74, 6) is 0.616. The molecule has 0 spiro atoms. The Hall–Kier alpha value is -0.0400. The molecule has 1 fully saturated rings. The molecule has 1 atom stereocenters. The van der Waals surface area contributed by atoms with Crippen molar-refractivity contribution < 1.29 is 5.11 Å². The van der Waals surface area contributed by atoms with E-state index in [1.807, 2.05) is 0 Å². The molecule has 0 aromatic carbocycles. The standard InChI is InChI=1S/C8H16O/c1-8(2,3)7(9)6-4-5-6/h6-7,9H,4-5H2,1-3H3/t7-/m1/s1. The van der Waals surface area contributed by atoms with Gasteiger partial charge >= 0.3 is 0 Å². The lowest BCUT2D eigenvalue weighted by Crippen LogP contribution is -2.27. The molecule has 1 heteroatoms. The smallest absolute Gasteiger partial charge is 0.0616 e. The van der Waals surface area contributed by atoms with Crippen LogP contribution in [0, 0.1) is 11.3 Å². The predicted octanol–water partition coefficient (Wildman–Crippen LogP) is 1.80. The highest BCUT2D eigenvalue weighted by Gasteiger charge is 2.36. The van der Waals surface area contributed by atoms with Crippen molar-refractivity contribution in [2.45, 2.75) is 39.7 Å². The number of hydrogen-bond donors (Lipinski definition) is 1. The number of aliphatic hydroxyl groups is 1. The summed E-state index contributed by atoms with van der Waals surface area (Å²) in [6.07, 6.45) is 2.40. The molecule has 0 saturated heterocycles. The Bertz CT molecular complexity index is 97.6. The molecule has 0 amide bonds. The van der Waals surface area contributed by atoms with Crippen molar-refractivity contribution in [3.05, 3.63) is 0 Å². The zero-order valence-corrected chi connectivity index (χ0v) is 6.52. The van der Waals surface area contributed by atoms with E-state index < -0.39 is 0 Å². The number of rotatable bonds is 1. The Morgan fingerprint density at radius 3 is 1.89 bits per heavy atom. The van der Waals surface area contributed by atoms with Gasteiger partial charge in [0.2, 0.25) is 0 Å². The minimum absolute atomic E-state index is 0.0718. The van der Waals surface area contributed by atoms with E-state index in [2.05, 4.69) is 20.8 Å². The zero-order valence-electron chi connectivity index (χ0n) is 6.52. The molecule has 1 saturated carbocycles. The van der Waals surface area contributed by atoms with Gasteiger partial charge in [-0.1, -0.05) is 20.8 Å². The first-order valence-electron chi connectivity index (χ1n) is 3.70. The van der Waals surface area contributed by atoms with Gasteiger partial charge in [-0.25, -0.2) is 0 Å². The minimum Gasteiger partial charge on any atom is -0.392 e. The van der Waals surface area contributed by atoms with Crippen LogP contribution in [0.15, 0.2) is 0 Å². The molecule has 9 heavy (non-hydrogen) atoms. The summed E-state index contributed by atoms with van der Waals surface area (Å²) in [5, 5.41) is 9.53. The van der Waals surface area contributed by atoms with Crippen LogP contribution in [0.4, 0.5) is 0 Å². The summed E-state index contributed by atoms with van der Waals surface area (Å²) in [7, 11) is 0. The second kappa shape index (κ2) is 1.98. The van der Waals surface area contributed by atoms with Crippen molar-refractivity contribution >= 4 is 0 Å². The van der Waals surface area contributed by atoms with E-state index in [-0.39, 0.29) is 11.5 Å². The largest absolute Gasteiger partial charge is 0.392 e. The van der Waals surface area contributed by atoms with E-state index in [4.69, 9.17) is 0 Å². The average Bonchev–Trinajstić information content (AvgIpc) is 2.40. The third-order valence-corrected chi connectivity index (χ3v) is 1.96. The molecular formula is C8H16O. The molecule has 0 aliphatic heterocycles. The van der Waals surface area contributed by atoms with Gasteiger partial charge < -0.3 is 5.11 Å². The molecule has 0 radical (unpaired) electrons. The second-order valence-corrected chi connectivity index (χ2v) is 4.15. The van der Waals surface area contributed by atoms with Crippen LogP contribution >= 0.6 is 0 Å². The highest BCUT2D eigenvalue weighted by molar-refractivity contribution is 4.87. The van der Waals surface area contributed by atoms with E-state index in [1.165, 1.54) is 12.8 Å². The van der Waals surface area contributed by atoms with Gasteiger partial charge in [0.25, 0.3) is 0 Å². The number of aliphatic hydroxyl groups excluding tert-OH is 1. The van der Waals surface area contributed by atoms with Crippen molar-refractivity contribution in [3.8, 4) is 0 Å². The molecule has 0 aromatic rings. The first kappa shape index (κ1) is 7.07. The van der Waals surface area contributed by atoms with Crippen LogP contribution in [0.2, 0.25) is 0 Å². The fraction of sp³-hybridized carbons (Fsp3) is 1.00. The lowest BCUT2D eigenvalue weighted by atomic mass is 9.86. The lowest BCUT2D eigenvalue weighted by molar-refractivity contribution is 0.0441. The first-order valence-corrected chi connectivity index (χ1v) is 3.70. The Morgan fingerprint density at radius 1 is 1.33 bits per heavy atom. The lowest BCUT2D eigenvalue weighted by Gasteiger charge is -2.25. The summed E-state index contributed by atoms with van der Waals surface area (Å²) in [4.78, 5) is 0. The molecule has 1 aliphatic carbocycles. The maximum Gasteiger partial charge on any atom is 0.0616 e. The first-order chi connectivity index (χ1) is 4.02. The fourth-order valence-electron chi connectivity index (χ4n) is 1.12. The maximum absolute atomic E-state index is 9.53. The topological polar surface area (TPSA) is 20.2 Å². The van der Waals surface area contributed by atoms with E-state index >= 15 is 0 Å². The van der Waals surface area contributed by atoms with Gasteiger partial charge in [0.1, 0.15) is 0 Å². The fourth-order valence-corrected chi connectivity index (χ4v) is 1.12. The van der Waals surface area contributed by atoms with Crippen LogP contribution < -0.4 is 0 Å². The van der Waals surface area contributed by atoms with E-state index in [1.54, 1.807) is 0 Å². The van der Waals surface area contributed by atoms with Crippen LogP contribution in [0.1, 0.15) is 33.6 Å². The van der Waals surface area contributed by atoms with Gasteiger partial charge in [-0.05, 0) is 24.2 Å². The molecule has 1 rings (SSSR count). The van der Waals surface area contributed by atoms with E-state index in [9.17, 15) is 5.11 Å². The highest BCUT2D eigenvalue weighted by Crippen LogP contribution is 2.39. The molecule has 1 nitrogen and oxygen atoms in total. The number of hydrogen-bond acceptors (Lipinski definition) is 1. The summed E-state index contributed by atoms with van der Waals surface area (Å²) in [5.41, 5.74) is 0.0984. The molecule has 0 heterocycles. The van der Waals surface area contributed by atoms with Crippen molar-refractivity contribution in [3.63, 3.8) is 0 Å². The molecular weight excluding hydrogens is 112 g/mol. The third kappa shape index (κ3) is 1.68. The van der Waals surface area contributed by atoms with Crippen LogP contribution in [0.5, 0.6) is 0 Å². The quantitative estimate of drug-likeness (QED) is 0.571. The van der Waals surface area contributed by atoms with Crippen LogP contribution in [-0.2, 0) is 0 Å². The monoisotopic (exact) mass is 128 g/mol.